The van der Waals surface area contributed by atoms with Gasteiger partial charge in [-0.2, -0.15) is 0 Å². The number of carboxylic acid groups (broad SMARTS) is 1. The Morgan fingerprint density at radius 2 is 1.90 bits per heavy atom. The first kappa shape index (κ1) is 17.6. The molecule has 1 fully saturated rings. The number of ether oxygens (including phenoxy) is 1. The van der Waals surface area contributed by atoms with E-state index in [4.69, 9.17) is 4.74 Å². The van der Waals surface area contributed by atoms with Crippen LogP contribution >= 0.6 is 0 Å². The molecule has 1 atom stereocenters. The van der Waals surface area contributed by atoms with E-state index in [1.165, 1.54) is 4.90 Å². The molecule has 6 nitrogen and oxygen atoms in total. The van der Waals surface area contributed by atoms with Crippen LogP contribution < -0.4 is 5.32 Å². The van der Waals surface area contributed by atoms with Crippen LogP contribution in [-0.2, 0) is 9.53 Å². The molecule has 122 valence electrons. The lowest BCUT2D eigenvalue weighted by atomic mass is 9.92. The van der Waals surface area contributed by atoms with Crippen molar-refractivity contribution in [2.45, 2.75) is 44.6 Å². The molecule has 0 aliphatic carbocycles. The van der Waals surface area contributed by atoms with Crippen LogP contribution in [0.15, 0.2) is 0 Å². The maximum absolute atomic E-state index is 13.7. The molecule has 1 saturated heterocycles. The lowest BCUT2D eigenvalue weighted by Gasteiger charge is -2.34. The van der Waals surface area contributed by atoms with Crippen molar-refractivity contribution >= 4 is 12.0 Å². The highest BCUT2D eigenvalue weighted by Gasteiger charge is 2.45. The van der Waals surface area contributed by atoms with Crippen LogP contribution in [0.25, 0.3) is 0 Å². The molecule has 8 heteroatoms. The predicted molar refractivity (Wildman–Crippen MR) is 71.4 cm³/mol. The van der Waals surface area contributed by atoms with Gasteiger partial charge in [-0.15, -0.1) is 0 Å². The van der Waals surface area contributed by atoms with E-state index in [1.807, 2.05) is 0 Å². The molecule has 0 unspecified atom stereocenters. The molecule has 1 rings (SSSR count). The highest BCUT2D eigenvalue weighted by atomic mass is 19.3. The molecule has 1 aliphatic heterocycles. The molecule has 0 spiro atoms. The number of alkyl halides is 2. The molecular formula is C13H22F2N2O4. The molecule has 1 heterocycles. The smallest absolute Gasteiger partial charge is 0.329 e. The highest BCUT2D eigenvalue weighted by Crippen LogP contribution is 2.31. The summed E-state index contributed by atoms with van der Waals surface area (Å²) in [7, 11) is 0. The van der Waals surface area contributed by atoms with E-state index in [2.05, 4.69) is 5.32 Å². The Balaban J connectivity index is 2.75. The van der Waals surface area contributed by atoms with Crippen LogP contribution in [0.2, 0.25) is 0 Å². The Labute approximate surface area is 122 Å². The van der Waals surface area contributed by atoms with Gasteiger partial charge in [0.25, 0.3) is 5.92 Å². The van der Waals surface area contributed by atoms with E-state index in [1.54, 1.807) is 6.92 Å². The fourth-order valence-corrected chi connectivity index (χ4v) is 2.23. The lowest BCUT2D eigenvalue weighted by Crippen LogP contribution is -2.59. The lowest BCUT2D eigenvalue weighted by molar-refractivity contribution is -0.148. The number of hydrogen-bond acceptors (Lipinski definition) is 3. The predicted octanol–water partition coefficient (Wildman–Crippen LogP) is 1.70. The van der Waals surface area contributed by atoms with Gasteiger partial charge in [0.1, 0.15) is 5.54 Å². The van der Waals surface area contributed by atoms with Crippen LogP contribution in [-0.4, -0.2) is 59.8 Å². The average Bonchev–Trinajstić information content (AvgIpc) is 2.38. The molecular weight excluding hydrogens is 286 g/mol. The number of urea groups is 1. The summed E-state index contributed by atoms with van der Waals surface area (Å²) in [6, 6.07) is -0.657. The number of aliphatic carboxylic acids is 1. The first-order chi connectivity index (χ1) is 9.70. The minimum Gasteiger partial charge on any atom is -0.480 e. The first-order valence-electron chi connectivity index (χ1n) is 6.96. The normalized spacial score (nSPS) is 19.0. The summed E-state index contributed by atoms with van der Waals surface area (Å²) in [6.45, 7) is 4.03. The fraction of sp³-hybridized carbons (Fsp3) is 0.846. The van der Waals surface area contributed by atoms with Crippen molar-refractivity contribution in [2.75, 3.05) is 26.3 Å². The van der Waals surface area contributed by atoms with Crippen LogP contribution in [0, 0.1) is 0 Å². The Kier molecular flexibility index (Phi) is 5.88. The zero-order valence-electron chi connectivity index (χ0n) is 12.3. The van der Waals surface area contributed by atoms with Crippen molar-refractivity contribution in [3.63, 3.8) is 0 Å². The number of amides is 2. The number of rotatable bonds is 6. The molecule has 0 aromatic carbocycles. The zero-order chi connectivity index (χ0) is 16.1. The van der Waals surface area contributed by atoms with E-state index in [-0.39, 0.29) is 6.42 Å². The van der Waals surface area contributed by atoms with Gasteiger partial charge in [-0.05, 0) is 6.92 Å². The largest absolute Gasteiger partial charge is 0.480 e. The van der Waals surface area contributed by atoms with Crippen molar-refractivity contribution < 1.29 is 28.2 Å². The molecule has 0 aromatic heterocycles. The molecule has 0 aromatic rings. The van der Waals surface area contributed by atoms with Gasteiger partial charge in [0, 0.05) is 25.9 Å². The highest BCUT2D eigenvalue weighted by molar-refractivity contribution is 5.86. The fourth-order valence-electron chi connectivity index (χ4n) is 2.23. The van der Waals surface area contributed by atoms with Crippen LogP contribution in [0.3, 0.4) is 0 Å². The van der Waals surface area contributed by atoms with E-state index < -0.39 is 36.3 Å². The molecule has 21 heavy (non-hydrogen) atoms. The summed E-state index contributed by atoms with van der Waals surface area (Å²) in [5.41, 5.74) is -2.01. The summed E-state index contributed by atoms with van der Waals surface area (Å²) < 4.78 is 32.5. The molecule has 2 N–H and O–H groups in total. The Bertz CT molecular complexity index is 386. The van der Waals surface area contributed by atoms with Crippen molar-refractivity contribution in [1.29, 1.82) is 0 Å². The molecule has 0 bridgehead atoms. The van der Waals surface area contributed by atoms with Gasteiger partial charge in [-0.25, -0.2) is 18.4 Å². The summed E-state index contributed by atoms with van der Waals surface area (Å²) in [5, 5.41) is 11.4. The minimum atomic E-state index is -3.14. The van der Waals surface area contributed by atoms with Crippen molar-refractivity contribution in [2.24, 2.45) is 0 Å². The maximum Gasteiger partial charge on any atom is 0.329 e. The molecule has 1 aliphatic rings. The average molecular weight is 308 g/mol. The third kappa shape index (κ3) is 5.11. The topological polar surface area (TPSA) is 78.9 Å². The Hall–Kier alpha value is -1.44. The second-order valence-corrected chi connectivity index (χ2v) is 5.45. The van der Waals surface area contributed by atoms with E-state index in [0.717, 1.165) is 6.92 Å². The second-order valence-electron chi connectivity index (χ2n) is 5.45. The summed E-state index contributed by atoms with van der Waals surface area (Å²) >= 11 is 0. The van der Waals surface area contributed by atoms with Gasteiger partial charge in [0.15, 0.2) is 0 Å². The Morgan fingerprint density at radius 1 is 1.33 bits per heavy atom. The van der Waals surface area contributed by atoms with Crippen LogP contribution in [0.4, 0.5) is 13.6 Å². The van der Waals surface area contributed by atoms with E-state index >= 15 is 0 Å². The zero-order valence-corrected chi connectivity index (χ0v) is 12.3. The van der Waals surface area contributed by atoms with E-state index in [0.29, 0.717) is 26.3 Å². The quantitative estimate of drug-likeness (QED) is 0.783. The number of morpholine rings is 1. The SMILES string of the molecule is CCCC(F)(F)C[C@](C)(NC(=O)N1CCOCC1)C(=O)O. The van der Waals surface area contributed by atoms with Gasteiger partial charge < -0.3 is 20.1 Å². The van der Waals surface area contributed by atoms with Gasteiger partial charge in [-0.1, -0.05) is 13.3 Å². The van der Waals surface area contributed by atoms with Gasteiger partial charge >= 0.3 is 12.0 Å². The minimum absolute atomic E-state index is 0.236. The molecule has 2 amide bonds. The van der Waals surface area contributed by atoms with Crippen molar-refractivity contribution in [1.82, 2.24) is 10.2 Å². The molecule has 0 saturated carbocycles. The van der Waals surface area contributed by atoms with Gasteiger partial charge in [-0.3, -0.25) is 0 Å². The van der Waals surface area contributed by atoms with Crippen LogP contribution in [0.5, 0.6) is 0 Å². The number of halogens is 2. The summed E-state index contributed by atoms with van der Waals surface area (Å²) in [5.74, 6) is -4.61. The molecule has 0 radical (unpaired) electrons. The van der Waals surface area contributed by atoms with Gasteiger partial charge in [0.2, 0.25) is 0 Å². The number of nitrogens with zero attached hydrogens (tertiary/aromatic N) is 1. The number of nitrogens with one attached hydrogen (secondary N) is 1. The third-order valence-corrected chi connectivity index (χ3v) is 3.38. The number of carboxylic acids is 1. The number of hydrogen-bond donors (Lipinski definition) is 2. The maximum atomic E-state index is 13.7. The summed E-state index contributed by atoms with van der Waals surface area (Å²) in [4.78, 5) is 24.7. The third-order valence-electron chi connectivity index (χ3n) is 3.38. The Morgan fingerprint density at radius 3 is 2.38 bits per heavy atom. The monoisotopic (exact) mass is 308 g/mol. The first-order valence-corrected chi connectivity index (χ1v) is 6.96. The van der Waals surface area contributed by atoms with Crippen LogP contribution in [0.1, 0.15) is 33.1 Å². The van der Waals surface area contributed by atoms with Crippen molar-refractivity contribution in [3.05, 3.63) is 0 Å². The summed E-state index contributed by atoms with van der Waals surface area (Å²) in [6.07, 6.45) is -1.11. The number of carbonyl (C=O) groups excluding carboxylic acids is 1. The van der Waals surface area contributed by atoms with E-state index in [9.17, 15) is 23.5 Å². The second kappa shape index (κ2) is 7.02. The number of carbonyl (C=O) groups is 2. The van der Waals surface area contributed by atoms with Crippen molar-refractivity contribution in [3.8, 4) is 0 Å². The van der Waals surface area contributed by atoms with Gasteiger partial charge in [0.05, 0.1) is 13.2 Å². The standard InChI is InChI=1S/C13H22F2N2O4/c1-3-4-13(14,15)9-12(2,10(18)19)16-11(20)17-5-7-21-8-6-17/h3-9H2,1-2H3,(H,16,20)(H,18,19)/t12-/m0/s1.